The van der Waals surface area contributed by atoms with Gasteiger partial charge in [-0.05, 0) is 36.5 Å². The van der Waals surface area contributed by atoms with E-state index in [1.807, 2.05) is 41.3 Å². The van der Waals surface area contributed by atoms with Gasteiger partial charge in [-0.2, -0.15) is 5.10 Å². The molecule has 1 fully saturated rings. The zero-order valence-corrected chi connectivity index (χ0v) is 13.3. The summed E-state index contributed by atoms with van der Waals surface area (Å²) in [6, 6.07) is 5.94. The fourth-order valence-corrected chi connectivity index (χ4v) is 2.84. The topological polar surface area (TPSA) is 72.4 Å². The SMILES string of the molecule is CC1(CNc2ncc3c(-c4ccc5nccn5n4)ccn3n2)CC1. The van der Waals surface area contributed by atoms with Gasteiger partial charge in [-0.25, -0.2) is 19.0 Å². The summed E-state index contributed by atoms with van der Waals surface area (Å²) in [7, 11) is 0. The van der Waals surface area contributed by atoms with E-state index in [1.54, 1.807) is 10.7 Å². The predicted molar refractivity (Wildman–Crippen MR) is 90.8 cm³/mol. The Hall–Kier alpha value is -2.96. The van der Waals surface area contributed by atoms with Gasteiger partial charge in [-0.3, -0.25) is 0 Å². The van der Waals surface area contributed by atoms with Gasteiger partial charge in [-0.1, -0.05) is 6.92 Å². The Balaban J connectivity index is 1.50. The van der Waals surface area contributed by atoms with Crippen molar-refractivity contribution in [1.29, 1.82) is 0 Å². The number of aromatic nitrogens is 6. The average Bonchev–Trinajstić information content (AvgIpc) is 3.02. The Morgan fingerprint density at radius 3 is 2.88 bits per heavy atom. The predicted octanol–water partition coefficient (Wildman–Crippen LogP) is 2.65. The highest BCUT2D eigenvalue weighted by molar-refractivity contribution is 5.78. The van der Waals surface area contributed by atoms with E-state index in [9.17, 15) is 0 Å². The third-order valence-electron chi connectivity index (χ3n) is 4.72. The van der Waals surface area contributed by atoms with Crippen LogP contribution in [0.2, 0.25) is 0 Å². The normalized spacial score (nSPS) is 15.9. The number of hydrogen-bond donors (Lipinski definition) is 1. The maximum Gasteiger partial charge on any atom is 0.241 e. The quantitative estimate of drug-likeness (QED) is 0.626. The molecule has 1 saturated carbocycles. The molecule has 7 heteroatoms. The van der Waals surface area contributed by atoms with Gasteiger partial charge in [0, 0.05) is 30.7 Å². The molecule has 4 heterocycles. The minimum atomic E-state index is 0.421. The molecule has 0 bridgehead atoms. The van der Waals surface area contributed by atoms with Crippen LogP contribution in [0.4, 0.5) is 5.95 Å². The summed E-state index contributed by atoms with van der Waals surface area (Å²) in [6.07, 6.45) is 9.92. The summed E-state index contributed by atoms with van der Waals surface area (Å²) in [4.78, 5) is 8.68. The number of anilines is 1. The molecule has 4 aromatic heterocycles. The van der Waals surface area contributed by atoms with Crippen LogP contribution >= 0.6 is 0 Å². The van der Waals surface area contributed by atoms with Crippen molar-refractivity contribution in [2.75, 3.05) is 11.9 Å². The molecule has 0 unspecified atom stereocenters. The Kier molecular flexibility index (Phi) is 2.68. The molecule has 5 rings (SSSR count). The molecule has 0 aromatic carbocycles. The first-order valence-corrected chi connectivity index (χ1v) is 8.09. The minimum Gasteiger partial charge on any atom is -0.352 e. The lowest BCUT2D eigenvalue weighted by atomic mass is 10.1. The van der Waals surface area contributed by atoms with Crippen LogP contribution in [-0.4, -0.2) is 35.7 Å². The van der Waals surface area contributed by atoms with E-state index >= 15 is 0 Å². The monoisotopic (exact) mass is 319 g/mol. The molecule has 0 atom stereocenters. The van der Waals surface area contributed by atoms with Crippen molar-refractivity contribution < 1.29 is 0 Å². The molecule has 0 radical (unpaired) electrons. The molecule has 0 saturated heterocycles. The molecule has 7 nitrogen and oxygen atoms in total. The number of hydrogen-bond acceptors (Lipinski definition) is 5. The van der Waals surface area contributed by atoms with Gasteiger partial charge in [0.1, 0.15) is 0 Å². The third kappa shape index (κ3) is 2.20. The zero-order valence-electron chi connectivity index (χ0n) is 13.3. The number of rotatable bonds is 4. The van der Waals surface area contributed by atoms with Gasteiger partial charge < -0.3 is 5.32 Å². The van der Waals surface area contributed by atoms with Gasteiger partial charge in [0.15, 0.2) is 5.65 Å². The summed E-state index contributed by atoms with van der Waals surface area (Å²) in [5.74, 6) is 0.663. The van der Waals surface area contributed by atoms with Crippen molar-refractivity contribution in [3.05, 3.63) is 43.0 Å². The molecule has 0 amide bonds. The second-order valence-corrected chi connectivity index (χ2v) is 6.75. The minimum absolute atomic E-state index is 0.421. The second kappa shape index (κ2) is 4.77. The van der Waals surface area contributed by atoms with Crippen LogP contribution in [0.5, 0.6) is 0 Å². The van der Waals surface area contributed by atoms with Gasteiger partial charge in [0.25, 0.3) is 0 Å². The summed E-state index contributed by atoms with van der Waals surface area (Å²) in [5.41, 5.74) is 4.07. The van der Waals surface area contributed by atoms with Gasteiger partial charge >= 0.3 is 0 Å². The first kappa shape index (κ1) is 13.5. The molecule has 1 N–H and O–H groups in total. The van der Waals surface area contributed by atoms with Crippen LogP contribution in [0.15, 0.2) is 43.0 Å². The zero-order chi connectivity index (χ0) is 16.1. The summed E-state index contributed by atoms with van der Waals surface area (Å²) in [6.45, 7) is 3.20. The Morgan fingerprint density at radius 2 is 2.00 bits per heavy atom. The standard InChI is InChI=1S/C17H17N7/c1-17(5-6-17)11-20-16-19-10-14-12(4-8-23(14)22-16)13-2-3-15-18-7-9-24(15)21-13/h2-4,7-10H,5-6,11H2,1H3,(H,20,22). The van der Waals surface area contributed by atoms with E-state index in [1.165, 1.54) is 12.8 Å². The van der Waals surface area contributed by atoms with Crippen LogP contribution in [0, 0.1) is 5.41 Å². The summed E-state index contributed by atoms with van der Waals surface area (Å²) < 4.78 is 3.62. The molecule has 4 aromatic rings. The molecular weight excluding hydrogens is 302 g/mol. The average molecular weight is 319 g/mol. The Bertz CT molecular complexity index is 1040. The fourth-order valence-electron chi connectivity index (χ4n) is 2.84. The maximum atomic E-state index is 4.60. The molecular formula is C17H17N7. The van der Waals surface area contributed by atoms with E-state index in [2.05, 4.69) is 32.4 Å². The van der Waals surface area contributed by atoms with Crippen LogP contribution in [0.25, 0.3) is 22.4 Å². The first-order valence-electron chi connectivity index (χ1n) is 8.09. The van der Waals surface area contributed by atoms with Crippen molar-refractivity contribution in [2.24, 2.45) is 5.41 Å². The Morgan fingerprint density at radius 1 is 1.08 bits per heavy atom. The van der Waals surface area contributed by atoms with Crippen molar-refractivity contribution in [1.82, 2.24) is 29.2 Å². The maximum absolute atomic E-state index is 4.60. The Labute approximate surface area is 138 Å². The van der Waals surface area contributed by atoms with E-state index in [4.69, 9.17) is 0 Å². The van der Waals surface area contributed by atoms with Crippen molar-refractivity contribution >= 4 is 17.1 Å². The summed E-state index contributed by atoms with van der Waals surface area (Å²) in [5, 5.41) is 12.5. The van der Waals surface area contributed by atoms with Crippen LogP contribution in [0.3, 0.4) is 0 Å². The number of nitrogens with one attached hydrogen (secondary N) is 1. The molecule has 1 aliphatic carbocycles. The van der Waals surface area contributed by atoms with Gasteiger partial charge in [0.05, 0.1) is 17.4 Å². The van der Waals surface area contributed by atoms with Crippen LogP contribution < -0.4 is 5.32 Å². The highest BCUT2D eigenvalue weighted by Gasteiger charge is 2.36. The van der Waals surface area contributed by atoms with E-state index in [-0.39, 0.29) is 0 Å². The van der Waals surface area contributed by atoms with Gasteiger partial charge in [0.2, 0.25) is 5.95 Å². The lowest BCUT2D eigenvalue weighted by molar-refractivity contribution is 0.606. The lowest BCUT2D eigenvalue weighted by Crippen LogP contribution is -2.14. The van der Waals surface area contributed by atoms with E-state index in [0.29, 0.717) is 11.4 Å². The first-order chi connectivity index (χ1) is 11.7. The molecule has 24 heavy (non-hydrogen) atoms. The van der Waals surface area contributed by atoms with E-state index < -0.39 is 0 Å². The van der Waals surface area contributed by atoms with Crippen molar-refractivity contribution in [3.63, 3.8) is 0 Å². The van der Waals surface area contributed by atoms with Crippen LogP contribution in [0.1, 0.15) is 19.8 Å². The third-order valence-corrected chi connectivity index (χ3v) is 4.72. The second-order valence-electron chi connectivity index (χ2n) is 6.75. The smallest absolute Gasteiger partial charge is 0.241 e. The molecule has 0 spiro atoms. The van der Waals surface area contributed by atoms with Gasteiger partial charge in [-0.15, -0.1) is 5.10 Å². The highest BCUT2D eigenvalue weighted by atomic mass is 15.3. The molecule has 1 aliphatic rings. The molecule has 120 valence electrons. The van der Waals surface area contributed by atoms with E-state index in [0.717, 1.165) is 29.0 Å². The van der Waals surface area contributed by atoms with Crippen molar-refractivity contribution in [2.45, 2.75) is 19.8 Å². The summed E-state index contributed by atoms with van der Waals surface area (Å²) >= 11 is 0. The number of imidazole rings is 1. The number of fused-ring (bicyclic) bond motifs is 2. The van der Waals surface area contributed by atoms with Crippen LogP contribution in [-0.2, 0) is 0 Å². The number of nitrogens with zero attached hydrogens (tertiary/aromatic N) is 6. The lowest BCUT2D eigenvalue weighted by Gasteiger charge is -2.09. The largest absolute Gasteiger partial charge is 0.352 e. The highest BCUT2D eigenvalue weighted by Crippen LogP contribution is 2.44. The van der Waals surface area contributed by atoms with Crippen molar-refractivity contribution in [3.8, 4) is 11.3 Å². The molecule has 0 aliphatic heterocycles. The fraction of sp³-hybridized carbons (Fsp3) is 0.294.